The van der Waals surface area contributed by atoms with E-state index in [4.69, 9.17) is 0 Å². The number of hydrogen-bond acceptors (Lipinski definition) is 3. The monoisotopic (exact) mass is 241 g/mol. The molecule has 0 heterocycles. The van der Waals surface area contributed by atoms with Crippen LogP contribution in [0.1, 0.15) is 12.5 Å². The van der Waals surface area contributed by atoms with E-state index in [1.165, 1.54) is 0 Å². The molecule has 16 heavy (non-hydrogen) atoms. The van der Waals surface area contributed by atoms with Crippen molar-refractivity contribution in [2.45, 2.75) is 13.3 Å². The summed E-state index contributed by atoms with van der Waals surface area (Å²) in [5.74, 6) is -0.0197. The number of carbonyl (C=O) groups is 1. The molecule has 0 amide bonds. The topological polar surface area (TPSA) is 63.2 Å². The summed E-state index contributed by atoms with van der Waals surface area (Å²) in [6.07, 6.45) is 2.68. The zero-order valence-electron chi connectivity index (χ0n) is 9.30. The Labute approximate surface area is 95.7 Å². The van der Waals surface area contributed by atoms with Gasteiger partial charge in [-0.1, -0.05) is 19.1 Å². The lowest BCUT2D eigenvalue weighted by molar-refractivity contribution is -0.110. The van der Waals surface area contributed by atoms with Gasteiger partial charge in [-0.25, -0.2) is 8.42 Å². The Morgan fingerprint density at radius 3 is 2.31 bits per heavy atom. The zero-order valence-corrected chi connectivity index (χ0v) is 10.1. The third kappa shape index (κ3) is 4.44. The van der Waals surface area contributed by atoms with Crippen LogP contribution in [0.4, 0.5) is 5.69 Å². The lowest BCUT2D eigenvalue weighted by Gasteiger charge is -2.06. The van der Waals surface area contributed by atoms with Crippen molar-refractivity contribution in [1.29, 1.82) is 0 Å². The molecule has 1 aromatic rings. The number of carbonyl (C=O) groups excluding carboxylic acids is 1. The van der Waals surface area contributed by atoms with Crippen LogP contribution in [0.2, 0.25) is 0 Å². The van der Waals surface area contributed by atoms with Crippen molar-refractivity contribution in [2.24, 2.45) is 5.92 Å². The first-order valence-corrected chi connectivity index (χ1v) is 6.82. The van der Waals surface area contributed by atoms with E-state index in [1.54, 1.807) is 12.1 Å². The summed E-state index contributed by atoms with van der Waals surface area (Å²) in [5, 5.41) is 0. The highest BCUT2D eigenvalue weighted by molar-refractivity contribution is 7.92. The second-order valence-electron chi connectivity index (χ2n) is 3.89. The number of hydrogen-bond donors (Lipinski definition) is 1. The second-order valence-corrected chi connectivity index (χ2v) is 5.64. The quantitative estimate of drug-likeness (QED) is 0.793. The summed E-state index contributed by atoms with van der Waals surface area (Å²) >= 11 is 0. The summed E-state index contributed by atoms with van der Waals surface area (Å²) in [7, 11) is -3.22. The number of rotatable bonds is 5. The SMILES string of the molecule is CC(C=O)Cc1ccc(NS(C)(=O)=O)cc1. The highest BCUT2D eigenvalue weighted by atomic mass is 32.2. The number of nitrogens with one attached hydrogen (secondary N) is 1. The molecule has 4 nitrogen and oxygen atoms in total. The average Bonchev–Trinajstić information content (AvgIpc) is 2.18. The molecular formula is C11H15NO3S. The molecule has 1 aromatic carbocycles. The fraction of sp³-hybridized carbons (Fsp3) is 0.364. The first-order chi connectivity index (χ1) is 7.40. The molecule has 0 saturated heterocycles. The Balaban J connectivity index is 2.72. The van der Waals surface area contributed by atoms with Gasteiger partial charge < -0.3 is 4.79 Å². The normalized spacial score (nSPS) is 13.1. The molecule has 0 aliphatic heterocycles. The molecule has 0 bridgehead atoms. The van der Waals surface area contributed by atoms with Gasteiger partial charge in [0.1, 0.15) is 6.29 Å². The van der Waals surface area contributed by atoms with E-state index in [0.29, 0.717) is 12.1 Å². The van der Waals surface area contributed by atoms with Gasteiger partial charge in [0.05, 0.1) is 6.26 Å². The molecular weight excluding hydrogens is 226 g/mol. The maximum absolute atomic E-state index is 11.0. The van der Waals surface area contributed by atoms with Gasteiger partial charge in [-0.2, -0.15) is 0 Å². The van der Waals surface area contributed by atoms with Crippen LogP contribution in [0.25, 0.3) is 0 Å². The lowest BCUT2D eigenvalue weighted by atomic mass is 10.0. The maximum atomic E-state index is 11.0. The summed E-state index contributed by atoms with van der Waals surface area (Å²) in [6.45, 7) is 1.84. The summed E-state index contributed by atoms with van der Waals surface area (Å²) in [5.41, 5.74) is 1.55. The first kappa shape index (κ1) is 12.7. The minimum Gasteiger partial charge on any atom is -0.303 e. The van der Waals surface area contributed by atoms with Gasteiger partial charge in [-0.05, 0) is 24.1 Å². The molecule has 1 unspecified atom stereocenters. The third-order valence-corrected chi connectivity index (χ3v) is 2.65. The fourth-order valence-electron chi connectivity index (χ4n) is 1.34. The highest BCUT2D eigenvalue weighted by Gasteiger charge is 2.04. The Hall–Kier alpha value is -1.36. The largest absolute Gasteiger partial charge is 0.303 e. The van der Waals surface area contributed by atoms with E-state index in [1.807, 2.05) is 19.1 Å². The predicted octanol–water partition coefficient (Wildman–Crippen LogP) is 1.44. The van der Waals surface area contributed by atoms with Crippen LogP contribution in [0.3, 0.4) is 0 Å². The minimum atomic E-state index is -3.22. The second kappa shape index (κ2) is 5.12. The van der Waals surface area contributed by atoms with Gasteiger partial charge in [0, 0.05) is 11.6 Å². The molecule has 0 aliphatic carbocycles. The van der Waals surface area contributed by atoms with Gasteiger partial charge in [-0.15, -0.1) is 0 Å². The van der Waals surface area contributed by atoms with Crippen molar-refractivity contribution in [3.8, 4) is 0 Å². The smallest absolute Gasteiger partial charge is 0.229 e. The van der Waals surface area contributed by atoms with Crippen LogP contribution >= 0.6 is 0 Å². The number of anilines is 1. The molecule has 1 atom stereocenters. The van der Waals surface area contributed by atoms with Crippen molar-refractivity contribution < 1.29 is 13.2 Å². The molecule has 0 saturated carbocycles. The minimum absolute atomic E-state index is 0.0197. The van der Waals surface area contributed by atoms with E-state index in [9.17, 15) is 13.2 Å². The Kier molecular flexibility index (Phi) is 4.06. The van der Waals surface area contributed by atoms with E-state index in [-0.39, 0.29) is 5.92 Å². The molecule has 0 spiro atoms. The molecule has 5 heteroatoms. The number of sulfonamides is 1. The fourth-order valence-corrected chi connectivity index (χ4v) is 1.91. The molecule has 0 fully saturated rings. The standard InChI is InChI=1S/C11H15NO3S/c1-9(8-13)7-10-3-5-11(6-4-10)12-16(2,14)15/h3-6,8-9,12H,7H2,1-2H3. The molecule has 1 rings (SSSR count). The van der Waals surface area contributed by atoms with Crippen LogP contribution in [-0.2, 0) is 21.2 Å². The van der Waals surface area contributed by atoms with Gasteiger partial charge in [0.25, 0.3) is 0 Å². The van der Waals surface area contributed by atoms with Gasteiger partial charge in [0.15, 0.2) is 0 Å². The third-order valence-electron chi connectivity index (χ3n) is 2.05. The molecule has 0 aliphatic rings. The highest BCUT2D eigenvalue weighted by Crippen LogP contribution is 2.13. The zero-order chi connectivity index (χ0) is 12.2. The summed E-state index contributed by atoms with van der Waals surface area (Å²) in [6, 6.07) is 7.00. The van der Waals surface area contributed by atoms with Crippen LogP contribution < -0.4 is 4.72 Å². The van der Waals surface area contributed by atoms with Crippen molar-refractivity contribution in [1.82, 2.24) is 0 Å². The van der Waals surface area contributed by atoms with Crippen LogP contribution in [-0.4, -0.2) is 21.0 Å². The predicted molar refractivity (Wildman–Crippen MR) is 63.8 cm³/mol. The van der Waals surface area contributed by atoms with E-state index in [0.717, 1.165) is 18.1 Å². The van der Waals surface area contributed by atoms with Gasteiger partial charge >= 0.3 is 0 Å². The Morgan fingerprint density at radius 2 is 1.88 bits per heavy atom. The number of aldehydes is 1. The Morgan fingerprint density at radius 1 is 1.31 bits per heavy atom. The van der Waals surface area contributed by atoms with E-state index in [2.05, 4.69) is 4.72 Å². The summed E-state index contributed by atoms with van der Waals surface area (Å²) in [4.78, 5) is 10.5. The first-order valence-electron chi connectivity index (χ1n) is 4.93. The maximum Gasteiger partial charge on any atom is 0.229 e. The van der Waals surface area contributed by atoms with Crippen molar-refractivity contribution >= 4 is 22.0 Å². The molecule has 0 radical (unpaired) electrons. The van der Waals surface area contributed by atoms with Crippen molar-refractivity contribution in [2.75, 3.05) is 11.0 Å². The van der Waals surface area contributed by atoms with E-state index >= 15 is 0 Å². The van der Waals surface area contributed by atoms with E-state index < -0.39 is 10.0 Å². The average molecular weight is 241 g/mol. The molecule has 1 N–H and O–H groups in total. The molecule has 88 valence electrons. The van der Waals surface area contributed by atoms with Crippen LogP contribution in [0, 0.1) is 5.92 Å². The van der Waals surface area contributed by atoms with Crippen LogP contribution in [0.5, 0.6) is 0 Å². The number of benzene rings is 1. The molecule has 0 aromatic heterocycles. The van der Waals surface area contributed by atoms with Crippen molar-refractivity contribution in [3.05, 3.63) is 29.8 Å². The van der Waals surface area contributed by atoms with Gasteiger partial charge in [-0.3, -0.25) is 4.72 Å². The lowest BCUT2D eigenvalue weighted by Crippen LogP contribution is -2.09. The van der Waals surface area contributed by atoms with Gasteiger partial charge in [0.2, 0.25) is 10.0 Å². The van der Waals surface area contributed by atoms with Crippen molar-refractivity contribution in [3.63, 3.8) is 0 Å². The van der Waals surface area contributed by atoms with Crippen LogP contribution in [0.15, 0.2) is 24.3 Å². The summed E-state index contributed by atoms with van der Waals surface area (Å²) < 4.78 is 24.3. The Bertz CT molecular complexity index is 451.